The van der Waals surface area contributed by atoms with E-state index in [4.69, 9.17) is 11.6 Å². The van der Waals surface area contributed by atoms with Crippen LogP contribution >= 0.6 is 22.9 Å². The van der Waals surface area contributed by atoms with Gasteiger partial charge in [-0.1, -0.05) is 48.0 Å². The summed E-state index contributed by atoms with van der Waals surface area (Å²) in [5.74, 6) is -0.0544. The maximum atomic E-state index is 13.4. The molecule has 1 atom stereocenters. The van der Waals surface area contributed by atoms with Gasteiger partial charge in [0.15, 0.2) is 0 Å². The largest absolute Gasteiger partial charge is 0.343 e. The third kappa shape index (κ3) is 4.88. The van der Waals surface area contributed by atoms with Gasteiger partial charge in [0.2, 0.25) is 0 Å². The summed E-state index contributed by atoms with van der Waals surface area (Å²) in [6, 6.07) is 19.7. The first-order valence-electron chi connectivity index (χ1n) is 11.5. The Morgan fingerprint density at radius 3 is 2.59 bits per heavy atom. The van der Waals surface area contributed by atoms with Gasteiger partial charge in [-0.05, 0) is 43.8 Å². The fourth-order valence-electron chi connectivity index (χ4n) is 4.38. The Hall–Kier alpha value is -2.71. The van der Waals surface area contributed by atoms with Gasteiger partial charge in [-0.25, -0.2) is 4.68 Å². The molecule has 2 aromatic carbocycles. The molecular formula is C26H28ClN5OS. The van der Waals surface area contributed by atoms with E-state index in [1.54, 1.807) is 0 Å². The minimum absolute atomic E-state index is 0.0544. The third-order valence-electron chi connectivity index (χ3n) is 6.37. The van der Waals surface area contributed by atoms with Gasteiger partial charge >= 0.3 is 0 Å². The molecule has 1 saturated heterocycles. The predicted octanol–water partition coefficient (Wildman–Crippen LogP) is 4.77. The number of hydrogen-bond acceptors (Lipinski definition) is 5. The lowest BCUT2D eigenvalue weighted by molar-refractivity contribution is 0.0911. The first-order chi connectivity index (χ1) is 16.5. The number of piperazine rings is 1. The van der Waals surface area contributed by atoms with Crippen molar-refractivity contribution in [2.75, 3.05) is 39.8 Å². The van der Waals surface area contributed by atoms with E-state index in [1.165, 1.54) is 11.3 Å². The van der Waals surface area contributed by atoms with Crippen LogP contribution in [0.4, 0.5) is 0 Å². The van der Waals surface area contributed by atoms with Crippen LogP contribution in [0.1, 0.15) is 27.0 Å². The van der Waals surface area contributed by atoms with Crippen LogP contribution < -0.4 is 5.32 Å². The average molecular weight is 494 g/mol. The van der Waals surface area contributed by atoms with Crippen LogP contribution in [0.2, 0.25) is 5.02 Å². The summed E-state index contributed by atoms with van der Waals surface area (Å²) >= 11 is 7.67. The Balaban J connectivity index is 1.41. The van der Waals surface area contributed by atoms with Crippen molar-refractivity contribution in [1.82, 2.24) is 24.9 Å². The number of aryl methyl sites for hydroxylation is 1. The van der Waals surface area contributed by atoms with E-state index in [0.717, 1.165) is 59.9 Å². The molecule has 0 aliphatic carbocycles. The number of nitrogens with zero attached hydrogens (tertiary/aromatic N) is 4. The summed E-state index contributed by atoms with van der Waals surface area (Å²) in [6.07, 6.45) is 0. The van der Waals surface area contributed by atoms with Crippen LogP contribution in [0.5, 0.6) is 0 Å². The highest BCUT2D eigenvalue weighted by atomic mass is 35.5. The van der Waals surface area contributed by atoms with Gasteiger partial charge in [-0.15, -0.1) is 11.3 Å². The lowest BCUT2D eigenvalue weighted by atomic mass is 10.1. The van der Waals surface area contributed by atoms with Crippen LogP contribution in [-0.2, 0) is 0 Å². The number of nitrogens with one attached hydrogen (secondary N) is 1. The van der Waals surface area contributed by atoms with E-state index in [9.17, 15) is 4.79 Å². The number of likely N-dealkylation sites (N-methyl/N-ethyl adjacent to an activating group) is 1. The Bertz CT molecular complexity index is 1290. The van der Waals surface area contributed by atoms with Crippen molar-refractivity contribution in [3.63, 3.8) is 0 Å². The maximum Gasteiger partial charge on any atom is 0.261 e. The first-order valence-corrected chi connectivity index (χ1v) is 12.7. The fourth-order valence-corrected chi connectivity index (χ4v) is 5.65. The molecule has 6 nitrogen and oxygen atoms in total. The molecule has 0 radical (unpaired) electrons. The Labute approximate surface area is 208 Å². The topological polar surface area (TPSA) is 53.4 Å². The number of hydrogen-bond donors (Lipinski definition) is 1. The average Bonchev–Trinajstić information content (AvgIpc) is 3.41. The molecule has 4 aromatic rings. The second-order valence-corrected chi connectivity index (χ2v) is 10.3. The van der Waals surface area contributed by atoms with Crippen molar-refractivity contribution in [3.8, 4) is 5.69 Å². The van der Waals surface area contributed by atoms with E-state index in [1.807, 2.05) is 60.1 Å². The van der Waals surface area contributed by atoms with Crippen molar-refractivity contribution in [2.45, 2.75) is 13.0 Å². The van der Waals surface area contributed by atoms with E-state index in [2.05, 4.69) is 39.4 Å². The molecule has 1 N–H and O–H groups in total. The molecule has 5 rings (SSSR count). The summed E-state index contributed by atoms with van der Waals surface area (Å²) in [5.41, 5.74) is 2.90. The highest BCUT2D eigenvalue weighted by Crippen LogP contribution is 2.31. The number of halogens is 1. The highest BCUT2D eigenvalue weighted by molar-refractivity contribution is 7.20. The number of aromatic nitrogens is 2. The van der Waals surface area contributed by atoms with Gasteiger partial charge in [0.1, 0.15) is 4.83 Å². The SMILES string of the molecule is Cc1nn(-c2cccc(Cl)c2)c2sc(C(=O)NC(CN3CCN(C)CC3)c3ccccc3)cc12. The van der Waals surface area contributed by atoms with Gasteiger partial charge < -0.3 is 10.2 Å². The van der Waals surface area contributed by atoms with Gasteiger partial charge in [0.25, 0.3) is 5.91 Å². The van der Waals surface area contributed by atoms with Gasteiger partial charge in [-0.2, -0.15) is 5.10 Å². The first kappa shape index (κ1) is 23.1. The quantitative estimate of drug-likeness (QED) is 0.420. The molecular weight excluding hydrogens is 466 g/mol. The molecule has 0 saturated carbocycles. The van der Waals surface area contributed by atoms with E-state index < -0.39 is 0 Å². The number of amides is 1. The van der Waals surface area contributed by atoms with Crippen molar-refractivity contribution >= 4 is 39.1 Å². The molecule has 3 heterocycles. The Morgan fingerprint density at radius 1 is 1.09 bits per heavy atom. The minimum atomic E-state index is -0.0761. The number of carbonyl (C=O) groups is 1. The van der Waals surface area contributed by atoms with Crippen molar-refractivity contribution < 1.29 is 4.79 Å². The molecule has 0 bridgehead atoms. The van der Waals surface area contributed by atoms with Gasteiger partial charge in [0, 0.05) is 43.1 Å². The molecule has 2 aromatic heterocycles. The minimum Gasteiger partial charge on any atom is -0.343 e. The number of benzene rings is 2. The molecule has 1 amide bonds. The lowest BCUT2D eigenvalue weighted by Gasteiger charge is -2.35. The van der Waals surface area contributed by atoms with E-state index >= 15 is 0 Å². The number of rotatable bonds is 6. The van der Waals surface area contributed by atoms with Crippen LogP contribution in [-0.4, -0.2) is 65.3 Å². The zero-order valence-corrected chi connectivity index (χ0v) is 20.9. The monoisotopic (exact) mass is 493 g/mol. The van der Waals surface area contributed by atoms with Crippen LogP contribution in [0.25, 0.3) is 15.9 Å². The fraction of sp³-hybridized carbons (Fsp3) is 0.308. The van der Waals surface area contributed by atoms with E-state index in [0.29, 0.717) is 9.90 Å². The maximum absolute atomic E-state index is 13.4. The molecule has 34 heavy (non-hydrogen) atoms. The predicted molar refractivity (Wildman–Crippen MR) is 139 cm³/mol. The third-order valence-corrected chi connectivity index (χ3v) is 7.71. The lowest BCUT2D eigenvalue weighted by Crippen LogP contribution is -2.47. The van der Waals surface area contributed by atoms with Crippen molar-refractivity contribution in [1.29, 1.82) is 0 Å². The highest BCUT2D eigenvalue weighted by Gasteiger charge is 2.23. The van der Waals surface area contributed by atoms with Gasteiger partial charge in [0.05, 0.1) is 22.3 Å². The molecule has 1 aliphatic rings. The summed E-state index contributed by atoms with van der Waals surface area (Å²) in [6.45, 7) is 6.87. The number of thiophene rings is 1. The smallest absolute Gasteiger partial charge is 0.261 e. The molecule has 176 valence electrons. The molecule has 1 unspecified atom stereocenters. The molecule has 0 spiro atoms. The van der Waals surface area contributed by atoms with Crippen molar-refractivity contribution in [3.05, 3.63) is 81.8 Å². The molecule has 1 aliphatic heterocycles. The summed E-state index contributed by atoms with van der Waals surface area (Å²) in [4.78, 5) is 19.8. The van der Waals surface area contributed by atoms with Crippen LogP contribution in [0.15, 0.2) is 60.7 Å². The van der Waals surface area contributed by atoms with Crippen LogP contribution in [0, 0.1) is 6.92 Å². The number of carbonyl (C=O) groups excluding carboxylic acids is 1. The zero-order valence-electron chi connectivity index (χ0n) is 19.4. The van der Waals surface area contributed by atoms with Crippen molar-refractivity contribution in [2.24, 2.45) is 0 Å². The van der Waals surface area contributed by atoms with Gasteiger partial charge in [-0.3, -0.25) is 9.69 Å². The van der Waals surface area contributed by atoms with Crippen LogP contribution in [0.3, 0.4) is 0 Å². The molecule has 1 fully saturated rings. The zero-order chi connectivity index (χ0) is 23.7. The summed E-state index contributed by atoms with van der Waals surface area (Å²) in [7, 11) is 2.15. The second kappa shape index (κ2) is 9.88. The summed E-state index contributed by atoms with van der Waals surface area (Å²) < 4.78 is 1.87. The Morgan fingerprint density at radius 2 is 1.85 bits per heavy atom. The van der Waals surface area contributed by atoms with E-state index in [-0.39, 0.29) is 11.9 Å². The Kier molecular flexibility index (Phi) is 6.70. The molecule has 8 heteroatoms. The number of fused-ring (bicyclic) bond motifs is 1. The second-order valence-electron chi connectivity index (χ2n) is 8.85. The summed E-state index contributed by atoms with van der Waals surface area (Å²) in [5, 5.41) is 9.64. The standard InChI is InChI=1S/C26H28ClN5OS/c1-18-22-16-24(34-26(22)32(29-18)21-10-6-9-20(27)15-21)25(33)28-23(19-7-4-3-5-8-19)17-31-13-11-30(2)12-14-31/h3-10,15-16,23H,11-14,17H2,1-2H3,(H,28,33). The normalized spacial score (nSPS) is 16.1.